The molecule has 1 fully saturated rings. The fourth-order valence-corrected chi connectivity index (χ4v) is 2.68. The van der Waals surface area contributed by atoms with E-state index in [0.717, 1.165) is 18.4 Å². The standard InChI is InChI=1S/C21H21NO5/c1-26-19-13-14(9-11-18(19)27-15-5-4-6-15)10-12-20(23)22-17-8-3-2-7-16(17)21(24)25/h2-3,7-13,15H,4-6H2,1H3,(H,22,23)(H,24,25)/b12-10+. The zero-order valence-corrected chi connectivity index (χ0v) is 15.0. The minimum Gasteiger partial charge on any atom is -0.493 e. The molecule has 1 aliphatic rings. The Hall–Kier alpha value is -3.28. The molecule has 0 unspecified atom stereocenters. The third-order valence-corrected chi connectivity index (χ3v) is 4.38. The predicted molar refractivity (Wildman–Crippen MR) is 102 cm³/mol. The van der Waals surface area contributed by atoms with Crippen LogP contribution in [0.15, 0.2) is 48.5 Å². The van der Waals surface area contributed by atoms with E-state index in [1.54, 1.807) is 37.5 Å². The SMILES string of the molecule is COc1cc(/C=C/C(=O)Nc2ccccc2C(=O)O)ccc1OC1CCC1. The molecule has 2 aromatic rings. The minimum absolute atomic E-state index is 0.0402. The Kier molecular flexibility index (Phi) is 5.76. The van der Waals surface area contributed by atoms with Crippen molar-refractivity contribution in [2.45, 2.75) is 25.4 Å². The molecule has 6 heteroatoms. The van der Waals surface area contributed by atoms with Crippen LogP contribution in [-0.4, -0.2) is 30.2 Å². The molecule has 1 amide bonds. The van der Waals surface area contributed by atoms with Gasteiger partial charge in [-0.15, -0.1) is 0 Å². The fourth-order valence-electron chi connectivity index (χ4n) is 2.68. The summed E-state index contributed by atoms with van der Waals surface area (Å²) in [5.41, 5.74) is 1.06. The maximum Gasteiger partial charge on any atom is 0.337 e. The zero-order valence-electron chi connectivity index (χ0n) is 15.0. The molecule has 1 aliphatic carbocycles. The van der Waals surface area contributed by atoms with E-state index >= 15 is 0 Å². The molecular formula is C21H21NO5. The fraction of sp³-hybridized carbons (Fsp3) is 0.238. The van der Waals surface area contributed by atoms with Crippen LogP contribution >= 0.6 is 0 Å². The average molecular weight is 367 g/mol. The maximum atomic E-state index is 12.1. The van der Waals surface area contributed by atoms with Gasteiger partial charge in [-0.25, -0.2) is 4.79 Å². The van der Waals surface area contributed by atoms with Crippen molar-refractivity contribution in [1.29, 1.82) is 0 Å². The van der Waals surface area contributed by atoms with Gasteiger partial charge >= 0.3 is 5.97 Å². The quantitative estimate of drug-likeness (QED) is 0.723. The largest absolute Gasteiger partial charge is 0.493 e. The van der Waals surface area contributed by atoms with Gasteiger partial charge in [0, 0.05) is 6.08 Å². The summed E-state index contributed by atoms with van der Waals surface area (Å²) in [5, 5.41) is 11.7. The predicted octanol–water partition coefficient (Wildman–Crippen LogP) is 3.98. The molecule has 6 nitrogen and oxygen atoms in total. The maximum absolute atomic E-state index is 12.1. The Balaban J connectivity index is 1.68. The molecular weight excluding hydrogens is 346 g/mol. The summed E-state index contributed by atoms with van der Waals surface area (Å²) < 4.78 is 11.3. The number of benzene rings is 2. The van der Waals surface area contributed by atoms with Gasteiger partial charge in [0.1, 0.15) is 0 Å². The number of rotatable bonds is 7. The topological polar surface area (TPSA) is 84.9 Å². The van der Waals surface area contributed by atoms with Gasteiger partial charge in [0.15, 0.2) is 11.5 Å². The summed E-state index contributed by atoms with van der Waals surface area (Å²) in [6.45, 7) is 0. The third-order valence-electron chi connectivity index (χ3n) is 4.38. The first-order valence-electron chi connectivity index (χ1n) is 8.73. The van der Waals surface area contributed by atoms with Gasteiger partial charge in [-0.1, -0.05) is 18.2 Å². The number of hydrogen-bond acceptors (Lipinski definition) is 4. The van der Waals surface area contributed by atoms with Crippen molar-refractivity contribution < 1.29 is 24.2 Å². The molecule has 3 rings (SSSR count). The molecule has 0 aliphatic heterocycles. The van der Waals surface area contributed by atoms with Crippen LogP contribution in [0.5, 0.6) is 11.5 Å². The zero-order chi connectivity index (χ0) is 19.2. The lowest BCUT2D eigenvalue weighted by molar-refractivity contribution is -0.111. The van der Waals surface area contributed by atoms with E-state index in [0.29, 0.717) is 11.5 Å². The molecule has 0 spiro atoms. The van der Waals surface area contributed by atoms with Gasteiger partial charge in [-0.3, -0.25) is 4.79 Å². The number of carbonyl (C=O) groups excluding carboxylic acids is 1. The summed E-state index contributed by atoms with van der Waals surface area (Å²) in [4.78, 5) is 23.3. The van der Waals surface area contributed by atoms with E-state index < -0.39 is 11.9 Å². The second kappa shape index (κ2) is 8.40. The number of carboxylic acids is 1. The Morgan fingerprint density at radius 1 is 1.15 bits per heavy atom. The second-order valence-electron chi connectivity index (χ2n) is 6.25. The van der Waals surface area contributed by atoms with Gasteiger partial charge in [0.05, 0.1) is 24.5 Å². The number of aromatic carboxylic acids is 1. The van der Waals surface area contributed by atoms with E-state index in [4.69, 9.17) is 14.6 Å². The van der Waals surface area contributed by atoms with E-state index in [1.807, 2.05) is 12.1 Å². The van der Waals surface area contributed by atoms with E-state index in [1.165, 1.54) is 18.6 Å². The van der Waals surface area contributed by atoms with Crippen LogP contribution in [-0.2, 0) is 4.79 Å². The highest BCUT2D eigenvalue weighted by molar-refractivity contribution is 6.06. The molecule has 2 aromatic carbocycles. The first kappa shape index (κ1) is 18.5. The Labute approximate surface area is 157 Å². The monoisotopic (exact) mass is 367 g/mol. The number of nitrogens with one attached hydrogen (secondary N) is 1. The number of methoxy groups -OCH3 is 1. The number of carboxylic acid groups (broad SMARTS) is 1. The minimum atomic E-state index is -1.10. The summed E-state index contributed by atoms with van der Waals surface area (Å²) in [7, 11) is 1.58. The van der Waals surface area contributed by atoms with Crippen LogP contribution in [0.2, 0.25) is 0 Å². The van der Waals surface area contributed by atoms with E-state index in [2.05, 4.69) is 5.32 Å². The summed E-state index contributed by atoms with van der Waals surface area (Å²) in [5.74, 6) is -0.209. The average Bonchev–Trinajstić information content (AvgIpc) is 2.63. The number of anilines is 1. The summed E-state index contributed by atoms with van der Waals surface area (Å²) in [6.07, 6.45) is 6.54. The molecule has 0 radical (unpaired) electrons. The van der Waals surface area contributed by atoms with Gasteiger partial charge in [-0.2, -0.15) is 0 Å². The van der Waals surface area contributed by atoms with Crippen LogP contribution in [0.4, 0.5) is 5.69 Å². The van der Waals surface area contributed by atoms with E-state index in [9.17, 15) is 9.59 Å². The van der Waals surface area contributed by atoms with Gasteiger partial charge in [0.25, 0.3) is 0 Å². The normalized spacial score (nSPS) is 13.8. The van der Waals surface area contributed by atoms with Gasteiger partial charge in [-0.05, 0) is 55.2 Å². The number of ether oxygens (including phenoxy) is 2. The summed E-state index contributed by atoms with van der Waals surface area (Å²) in [6, 6.07) is 11.7. The number of amides is 1. The molecule has 1 saturated carbocycles. The van der Waals surface area contributed by atoms with Gasteiger partial charge < -0.3 is 19.9 Å². The van der Waals surface area contributed by atoms with Crippen LogP contribution < -0.4 is 14.8 Å². The Bertz CT molecular complexity index is 871. The number of hydrogen-bond donors (Lipinski definition) is 2. The molecule has 140 valence electrons. The van der Waals surface area contributed by atoms with Gasteiger partial charge in [0.2, 0.25) is 5.91 Å². The van der Waals surface area contributed by atoms with Crippen LogP contribution in [0.25, 0.3) is 6.08 Å². The second-order valence-corrected chi connectivity index (χ2v) is 6.25. The van der Waals surface area contributed by atoms with Crippen LogP contribution in [0.3, 0.4) is 0 Å². The first-order valence-corrected chi connectivity index (χ1v) is 8.73. The summed E-state index contributed by atoms with van der Waals surface area (Å²) >= 11 is 0. The van der Waals surface area contributed by atoms with Crippen molar-refractivity contribution in [2.24, 2.45) is 0 Å². The molecule has 0 atom stereocenters. The van der Waals surface area contributed by atoms with Crippen molar-refractivity contribution in [3.63, 3.8) is 0 Å². The first-order chi connectivity index (χ1) is 13.1. The van der Waals surface area contributed by atoms with Crippen molar-refractivity contribution in [3.8, 4) is 11.5 Å². The molecule has 0 heterocycles. The lowest BCUT2D eigenvalue weighted by atomic mass is 9.96. The third kappa shape index (κ3) is 4.67. The van der Waals surface area contributed by atoms with Crippen LogP contribution in [0.1, 0.15) is 35.2 Å². The highest BCUT2D eigenvalue weighted by Gasteiger charge is 2.20. The molecule has 0 aromatic heterocycles. The van der Waals surface area contributed by atoms with E-state index in [-0.39, 0.29) is 17.4 Å². The van der Waals surface area contributed by atoms with Crippen molar-refractivity contribution in [1.82, 2.24) is 0 Å². The Morgan fingerprint density at radius 2 is 1.93 bits per heavy atom. The van der Waals surface area contributed by atoms with Crippen molar-refractivity contribution >= 4 is 23.6 Å². The number of para-hydroxylation sites is 1. The highest BCUT2D eigenvalue weighted by Crippen LogP contribution is 2.33. The van der Waals surface area contributed by atoms with Crippen molar-refractivity contribution in [3.05, 3.63) is 59.7 Å². The molecule has 0 bridgehead atoms. The molecule has 27 heavy (non-hydrogen) atoms. The lowest BCUT2D eigenvalue weighted by Crippen LogP contribution is -2.24. The lowest BCUT2D eigenvalue weighted by Gasteiger charge is -2.27. The smallest absolute Gasteiger partial charge is 0.337 e. The molecule has 0 saturated heterocycles. The van der Waals surface area contributed by atoms with Crippen LogP contribution in [0, 0.1) is 0 Å². The number of carbonyl (C=O) groups is 2. The highest BCUT2D eigenvalue weighted by atomic mass is 16.5. The molecule has 2 N–H and O–H groups in total. The Morgan fingerprint density at radius 3 is 2.59 bits per heavy atom. The van der Waals surface area contributed by atoms with Crippen molar-refractivity contribution in [2.75, 3.05) is 12.4 Å².